The second-order valence-electron chi connectivity index (χ2n) is 5.14. The van der Waals surface area contributed by atoms with Crippen molar-refractivity contribution in [2.75, 3.05) is 0 Å². The van der Waals surface area contributed by atoms with Crippen LogP contribution in [0, 0.1) is 10.1 Å². The number of carbonyl (C=O) groups is 1. The molecule has 21 heavy (non-hydrogen) atoms. The van der Waals surface area contributed by atoms with Crippen molar-refractivity contribution in [3.8, 4) is 0 Å². The lowest BCUT2D eigenvalue weighted by Gasteiger charge is -2.14. The number of unbranched alkanes of at least 4 members (excludes halogenated alkanes) is 3. The number of nitro groups is 1. The highest BCUT2D eigenvalue weighted by atomic mass is 35.5. The highest BCUT2D eigenvalue weighted by Gasteiger charge is 2.21. The van der Waals surface area contributed by atoms with Crippen LogP contribution in [0.1, 0.15) is 56.3 Å². The van der Waals surface area contributed by atoms with Crippen molar-refractivity contribution >= 4 is 23.2 Å². The molecule has 1 rings (SSSR count). The van der Waals surface area contributed by atoms with Crippen molar-refractivity contribution in [3.63, 3.8) is 0 Å². The number of amides is 1. The number of carbonyl (C=O) groups excluding carboxylic acids is 1. The molecule has 0 fully saturated rings. The van der Waals surface area contributed by atoms with Crippen LogP contribution in [0.15, 0.2) is 18.2 Å². The molecular formula is C15H21ClN2O3. The third-order valence-electron chi connectivity index (χ3n) is 3.27. The molecule has 0 saturated heterocycles. The fourth-order valence-electron chi connectivity index (χ4n) is 2.10. The molecule has 116 valence electrons. The number of hydrogen-bond acceptors (Lipinski definition) is 3. The van der Waals surface area contributed by atoms with E-state index in [0.29, 0.717) is 5.02 Å². The highest BCUT2D eigenvalue weighted by molar-refractivity contribution is 6.31. The van der Waals surface area contributed by atoms with Crippen molar-refractivity contribution in [3.05, 3.63) is 38.9 Å². The molecule has 6 heteroatoms. The second-order valence-corrected chi connectivity index (χ2v) is 5.58. The van der Waals surface area contributed by atoms with Crippen molar-refractivity contribution < 1.29 is 9.72 Å². The van der Waals surface area contributed by atoms with E-state index in [2.05, 4.69) is 12.2 Å². The fraction of sp³-hybridized carbons (Fsp3) is 0.533. The maximum atomic E-state index is 12.1. The molecule has 0 saturated carbocycles. The number of hydrogen-bond donors (Lipinski definition) is 1. The van der Waals surface area contributed by atoms with Gasteiger partial charge in [-0.25, -0.2) is 0 Å². The summed E-state index contributed by atoms with van der Waals surface area (Å²) in [5.41, 5.74) is -0.219. The van der Waals surface area contributed by atoms with E-state index in [0.717, 1.165) is 25.7 Å². The van der Waals surface area contributed by atoms with Crippen LogP contribution in [0.3, 0.4) is 0 Å². The Hall–Kier alpha value is -1.62. The Balaban J connectivity index is 2.66. The quantitative estimate of drug-likeness (QED) is 0.441. The lowest BCUT2D eigenvalue weighted by atomic mass is 10.1. The molecule has 0 radical (unpaired) electrons. The normalized spacial score (nSPS) is 12.0. The minimum atomic E-state index is -0.572. The molecule has 1 aromatic rings. The van der Waals surface area contributed by atoms with Crippen molar-refractivity contribution in [1.29, 1.82) is 0 Å². The zero-order chi connectivity index (χ0) is 15.8. The van der Waals surface area contributed by atoms with E-state index in [9.17, 15) is 14.9 Å². The van der Waals surface area contributed by atoms with Gasteiger partial charge in [0, 0.05) is 17.1 Å². The van der Waals surface area contributed by atoms with Crippen LogP contribution >= 0.6 is 11.6 Å². The highest BCUT2D eigenvalue weighted by Crippen LogP contribution is 2.22. The van der Waals surface area contributed by atoms with Crippen LogP contribution in [0.5, 0.6) is 0 Å². The summed E-state index contributed by atoms with van der Waals surface area (Å²) in [5, 5.41) is 14.1. The van der Waals surface area contributed by atoms with Gasteiger partial charge in [0.05, 0.1) is 4.92 Å². The van der Waals surface area contributed by atoms with Gasteiger partial charge in [0.25, 0.3) is 11.6 Å². The predicted octanol–water partition coefficient (Wildman–Crippen LogP) is 4.34. The average molecular weight is 313 g/mol. The van der Waals surface area contributed by atoms with Crippen LogP contribution in [0.25, 0.3) is 0 Å². The number of nitrogens with zero attached hydrogens (tertiary/aromatic N) is 1. The van der Waals surface area contributed by atoms with Gasteiger partial charge in [-0.2, -0.15) is 0 Å². The first kappa shape index (κ1) is 17.4. The Morgan fingerprint density at radius 2 is 2.10 bits per heavy atom. The molecule has 1 aromatic carbocycles. The number of halogens is 1. The smallest absolute Gasteiger partial charge is 0.282 e. The predicted molar refractivity (Wildman–Crippen MR) is 83.8 cm³/mol. The molecule has 5 nitrogen and oxygen atoms in total. The van der Waals surface area contributed by atoms with Gasteiger partial charge in [-0.15, -0.1) is 0 Å². The Kier molecular flexibility index (Phi) is 7.15. The third kappa shape index (κ3) is 5.71. The first-order valence-electron chi connectivity index (χ1n) is 7.20. The van der Waals surface area contributed by atoms with Crippen LogP contribution in [0.2, 0.25) is 5.02 Å². The van der Waals surface area contributed by atoms with Crippen molar-refractivity contribution in [2.24, 2.45) is 0 Å². The second kappa shape index (κ2) is 8.62. The molecule has 0 spiro atoms. The Labute approximate surface area is 129 Å². The molecule has 1 atom stereocenters. The molecule has 1 amide bonds. The molecule has 1 unspecified atom stereocenters. The number of nitrogens with one attached hydrogen (secondary N) is 1. The summed E-state index contributed by atoms with van der Waals surface area (Å²) in [6.07, 6.45) is 5.37. The standard InChI is InChI=1S/C15H21ClN2O3/c1-3-4-5-6-7-11(2)17-15(19)13-10-12(16)8-9-14(13)18(20)21/h8-11H,3-7H2,1-2H3,(H,17,19). The maximum absolute atomic E-state index is 12.1. The van der Waals surface area contributed by atoms with E-state index in [1.54, 1.807) is 0 Å². The van der Waals surface area contributed by atoms with Gasteiger partial charge in [-0.05, 0) is 25.5 Å². The topological polar surface area (TPSA) is 72.2 Å². The molecule has 0 heterocycles. The SMILES string of the molecule is CCCCCCC(C)NC(=O)c1cc(Cl)ccc1[N+](=O)[O-]. The zero-order valence-corrected chi connectivity index (χ0v) is 13.2. The fourth-order valence-corrected chi connectivity index (χ4v) is 2.27. The summed E-state index contributed by atoms with van der Waals surface area (Å²) in [6, 6.07) is 3.97. The van der Waals surface area contributed by atoms with E-state index in [4.69, 9.17) is 11.6 Å². The Bertz CT molecular complexity index is 506. The summed E-state index contributed by atoms with van der Waals surface area (Å²) in [4.78, 5) is 22.5. The van der Waals surface area contributed by atoms with Crippen molar-refractivity contribution in [2.45, 2.75) is 52.0 Å². The lowest BCUT2D eigenvalue weighted by Crippen LogP contribution is -2.32. The van der Waals surface area contributed by atoms with Gasteiger partial charge in [0.15, 0.2) is 0 Å². The van der Waals surface area contributed by atoms with Crippen LogP contribution in [0.4, 0.5) is 5.69 Å². The van der Waals surface area contributed by atoms with E-state index in [-0.39, 0.29) is 17.3 Å². The molecule has 1 N–H and O–H groups in total. The van der Waals surface area contributed by atoms with E-state index in [1.165, 1.54) is 24.6 Å². The summed E-state index contributed by atoms with van der Waals surface area (Å²) in [6.45, 7) is 4.05. The van der Waals surface area contributed by atoms with Gasteiger partial charge < -0.3 is 5.32 Å². The number of benzene rings is 1. The van der Waals surface area contributed by atoms with Gasteiger partial charge in [-0.1, -0.05) is 44.2 Å². The first-order chi connectivity index (χ1) is 9.95. The first-order valence-corrected chi connectivity index (χ1v) is 7.58. The minimum Gasteiger partial charge on any atom is -0.349 e. The monoisotopic (exact) mass is 312 g/mol. The molecular weight excluding hydrogens is 292 g/mol. The van der Waals surface area contributed by atoms with Crippen LogP contribution in [-0.4, -0.2) is 16.9 Å². The van der Waals surface area contributed by atoms with Gasteiger partial charge in [0.1, 0.15) is 5.56 Å². The maximum Gasteiger partial charge on any atom is 0.282 e. The number of rotatable bonds is 8. The largest absolute Gasteiger partial charge is 0.349 e. The minimum absolute atomic E-state index is 0.00732. The summed E-state index contributed by atoms with van der Waals surface area (Å²) < 4.78 is 0. The average Bonchev–Trinajstić information content (AvgIpc) is 2.43. The summed E-state index contributed by atoms with van der Waals surface area (Å²) in [5.74, 6) is -0.452. The molecule has 0 aliphatic rings. The Morgan fingerprint density at radius 3 is 2.71 bits per heavy atom. The van der Waals surface area contributed by atoms with Crippen LogP contribution < -0.4 is 5.32 Å². The number of nitro benzene ring substituents is 1. The zero-order valence-electron chi connectivity index (χ0n) is 12.4. The van der Waals surface area contributed by atoms with E-state index < -0.39 is 10.8 Å². The lowest BCUT2D eigenvalue weighted by molar-refractivity contribution is -0.385. The third-order valence-corrected chi connectivity index (χ3v) is 3.50. The summed E-state index contributed by atoms with van der Waals surface area (Å²) >= 11 is 5.82. The van der Waals surface area contributed by atoms with E-state index in [1.807, 2.05) is 6.92 Å². The van der Waals surface area contributed by atoms with Crippen molar-refractivity contribution in [1.82, 2.24) is 5.32 Å². The molecule has 0 aromatic heterocycles. The van der Waals surface area contributed by atoms with Gasteiger partial charge in [-0.3, -0.25) is 14.9 Å². The van der Waals surface area contributed by atoms with E-state index >= 15 is 0 Å². The van der Waals surface area contributed by atoms with Gasteiger partial charge >= 0.3 is 0 Å². The summed E-state index contributed by atoms with van der Waals surface area (Å²) in [7, 11) is 0. The Morgan fingerprint density at radius 1 is 1.38 bits per heavy atom. The van der Waals surface area contributed by atoms with Crippen LogP contribution in [-0.2, 0) is 0 Å². The molecule has 0 aliphatic carbocycles. The van der Waals surface area contributed by atoms with Gasteiger partial charge in [0.2, 0.25) is 0 Å². The molecule has 0 bridgehead atoms. The molecule has 0 aliphatic heterocycles.